The Hall–Kier alpha value is -5.08. The summed E-state index contributed by atoms with van der Waals surface area (Å²) in [4.78, 5) is 15.4. The predicted octanol–water partition coefficient (Wildman–Crippen LogP) is 5.29. The molecule has 0 aliphatic heterocycles. The van der Waals surface area contributed by atoms with Crippen LogP contribution in [0.25, 0.3) is 16.7 Å². The molecule has 0 amide bonds. The Labute approximate surface area is 231 Å². The molecule has 0 spiro atoms. The van der Waals surface area contributed by atoms with Gasteiger partial charge in [0, 0.05) is 5.56 Å². The average molecular weight is 592 g/mol. The Bertz CT molecular complexity index is 2250. The molecule has 16 heteroatoms. The number of rotatable bonds is 6. The quantitative estimate of drug-likeness (QED) is 0.174. The molecule has 5 aromatic rings. The van der Waals surface area contributed by atoms with E-state index in [0.717, 1.165) is 18.2 Å². The number of aromatic nitrogens is 2. The highest BCUT2D eigenvalue weighted by Crippen LogP contribution is 2.32. The van der Waals surface area contributed by atoms with E-state index < -0.39 is 30.7 Å². The summed E-state index contributed by atoms with van der Waals surface area (Å²) >= 11 is 0. The van der Waals surface area contributed by atoms with Crippen molar-refractivity contribution in [3.63, 3.8) is 0 Å². The smallest absolute Gasteiger partial charge is 0.296 e. The van der Waals surface area contributed by atoms with Gasteiger partial charge < -0.3 is 4.98 Å². The Morgan fingerprint density at radius 1 is 0.854 bits per heavy atom. The third-order valence-electron chi connectivity index (χ3n) is 6.00. The lowest BCUT2D eigenvalue weighted by Crippen LogP contribution is -2.14. The van der Waals surface area contributed by atoms with E-state index >= 15 is 0 Å². The van der Waals surface area contributed by atoms with Crippen LogP contribution in [0.2, 0.25) is 0 Å². The molecule has 5 rings (SSSR count). The minimum atomic E-state index is -4.84. The van der Waals surface area contributed by atoms with Crippen LogP contribution in [-0.4, -0.2) is 35.3 Å². The number of para-hydroxylation sites is 2. The molecule has 41 heavy (non-hydrogen) atoms. The first-order chi connectivity index (χ1) is 19.4. The summed E-state index contributed by atoms with van der Waals surface area (Å²) in [6.45, 7) is 1.51. The van der Waals surface area contributed by atoms with Crippen LogP contribution >= 0.6 is 0 Å². The van der Waals surface area contributed by atoms with Crippen molar-refractivity contribution in [2.24, 2.45) is 20.5 Å². The van der Waals surface area contributed by atoms with Crippen molar-refractivity contribution in [2.75, 3.05) is 0 Å². The SMILES string of the molecule is Cc1c(N=Nc2ccc(N=Nc3ccc(S(=O)(=O)O)cc3)cc2S(=O)(=O)O)c(=O)n2c([nH]c3ccccc32)c1C#N. The molecule has 0 saturated carbocycles. The fraction of sp³-hybridized carbons (Fsp3) is 0.0400. The van der Waals surface area contributed by atoms with Crippen molar-refractivity contribution >= 4 is 59.7 Å². The van der Waals surface area contributed by atoms with E-state index in [1.807, 2.05) is 0 Å². The molecular formula is C25H17N7O7S2. The first kappa shape index (κ1) is 27.5. The second-order valence-corrected chi connectivity index (χ2v) is 11.4. The Morgan fingerprint density at radius 3 is 2.17 bits per heavy atom. The zero-order chi connectivity index (χ0) is 29.5. The average Bonchev–Trinajstić information content (AvgIpc) is 3.31. The summed E-state index contributed by atoms with van der Waals surface area (Å²) < 4.78 is 66.8. The van der Waals surface area contributed by atoms with Crippen LogP contribution in [0.15, 0.2) is 102 Å². The van der Waals surface area contributed by atoms with Crippen molar-refractivity contribution in [3.05, 3.63) is 88.2 Å². The van der Waals surface area contributed by atoms with E-state index in [0.29, 0.717) is 11.0 Å². The number of nitrogens with zero attached hydrogens (tertiary/aromatic N) is 6. The lowest BCUT2D eigenvalue weighted by molar-refractivity contribution is 0.481. The summed E-state index contributed by atoms with van der Waals surface area (Å²) in [6, 6.07) is 17.2. The summed E-state index contributed by atoms with van der Waals surface area (Å²) in [5.74, 6) is 0. The van der Waals surface area contributed by atoms with Crippen LogP contribution in [0.4, 0.5) is 22.7 Å². The number of benzene rings is 3. The van der Waals surface area contributed by atoms with Gasteiger partial charge >= 0.3 is 0 Å². The molecule has 206 valence electrons. The fourth-order valence-corrected chi connectivity index (χ4v) is 5.16. The Kier molecular flexibility index (Phi) is 6.80. The fourth-order valence-electron chi connectivity index (χ4n) is 4.04. The molecule has 2 heterocycles. The zero-order valence-corrected chi connectivity index (χ0v) is 22.4. The molecule has 0 saturated heterocycles. The molecule has 0 bridgehead atoms. The number of hydrogen-bond acceptors (Lipinski definition) is 10. The molecule has 2 aromatic heterocycles. The Balaban J connectivity index is 1.56. The second-order valence-electron chi connectivity index (χ2n) is 8.59. The maximum absolute atomic E-state index is 13.4. The number of azo groups is 2. The van der Waals surface area contributed by atoms with Crippen LogP contribution in [0, 0.1) is 18.3 Å². The van der Waals surface area contributed by atoms with Crippen LogP contribution in [0.3, 0.4) is 0 Å². The first-order valence-electron chi connectivity index (χ1n) is 11.5. The number of nitrogens with one attached hydrogen (secondary N) is 1. The molecule has 0 atom stereocenters. The summed E-state index contributed by atoms with van der Waals surface area (Å²) in [5.41, 5.74) is 0.797. The van der Waals surface area contributed by atoms with Gasteiger partial charge in [-0.15, -0.1) is 10.2 Å². The Morgan fingerprint density at radius 2 is 1.51 bits per heavy atom. The van der Waals surface area contributed by atoms with Crippen LogP contribution in [-0.2, 0) is 20.2 Å². The van der Waals surface area contributed by atoms with E-state index in [1.54, 1.807) is 24.3 Å². The number of H-pyrrole nitrogens is 1. The van der Waals surface area contributed by atoms with Crippen molar-refractivity contribution < 1.29 is 25.9 Å². The highest BCUT2D eigenvalue weighted by Gasteiger charge is 2.20. The monoisotopic (exact) mass is 591 g/mol. The number of aromatic amines is 1. The molecular weight excluding hydrogens is 574 g/mol. The second kappa shape index (κ2) is 10.1. The van der Waals surface area contributed by atoms with Crippen molar-refractivity contribution in [1.29, 1.82) is 5.26 Å². The van der Waals surface area contributed by atoms with E-state index in [2.05, 4.69) is 31.5 Å². The third-order valence-corrected chi connectivity index (χ3v) is 7.75. The van der Waals surface area contributed by atoms with Gasteiger partial charge in [0.15, 0.2) is 5.69 Å². The van der Waals surface area contributed by atoms with Crippen LogP contribution in [0.1, 0.15) is 11.1 Å². The maximum Gasteiger partial charge on any atom is 0.296 e. The molecule has 0 aliphatic rings. The van der Waals surface area contributed by atoms with Gasteiger partial charge in [0.1, 0.15) is 22.3 Å². The predicted molar refractivity (Wildman–Crippen MR) is 146 cm³/mol. The summed E-state index contributed by atoms with van der Waals surface area (Å²) in [5, 5.41) is 25.4. The molecule has 0 unspecified atom stereocenters. The van der Waals surface area contributed by atoms with E-state index in [1.165, 1.54) is 35.6 Å². The molecule has 3 aromatic carbocycles. The first-order valence-corrected chi connectivity index (χ1v) is 14.3. The minimum Gasteiger partial charge on any atom is -0.338 e. The number of fused-ring (bicyclic) bond motifs is 3. The van der Waals surface area contributed by atoms with Gasteiger partial charge in [-0.1, -0.05) is 12.1 Å². The number of pyridine rings is 1. The van der Waals surface area contributed by atoms with E-state index in [9.17, 15) is 31.4 Å². The van der Waals surface area contributed by atoms with Gasteiger partial charge in [-0.2, -0.15) is 32.3 Å². The van der Waals surface area contributed by atoms with Crippen molar-refractivity contribution in [3.8, 4) is 6.07 Å². The van der Waals surface area contributed by atoms with Gasteiger partial charge in [-0.3, -0.25) is 18.3 Å². The van der Waals surface area contributed by atoms with Gasteiger partial charge in [0.05, 0.1) is 32.9 Å². The lowest BCUT2D eigenvalue weighted by atomic mass is 10.1. The topological polar surface area (TPSA) is 219 Å². The molecule has 0 aliphatic carbocycles. The van der Waals surface area contributed by atoms with Crippen molar-refractivity contribution in [2.45, 2.75) is 16.7 Å². The molecule has 0 fully saturated rings. The van der Waals surface area contributed by atoms with Gasteiger partial charge in [-0.05, 0) is 61.5 Å². The van der Waals surface area contributed by atoms with E-state index in [-0.39, 0.29) is 44.4 Å². The highest BCUT2D eigenvalue weighted by molar-refractivity contribution is 7.86. The van der Waals surface area contributed by atoms with E-state index in [4.69, 9.17) is 4.55 Å². The summed E-state index contributed by atoms with van der Waals surface area (Å²) in [6.07, 6.45) is 0. The zero-order valence-electron chi connectivity index (χ0n) is 20.8. The molecule has 0 radical (unpaired) electrons. The number of imidazole rings is 1. The standard InChI is InChI=1S/C25H17N7O7S2/c1-14-18(13-26)24-27-19-4-2-3-5-21(19)32(24)25(33)23(14)31-30-20-11-8-16(12-22(20)41(37,38)39)29-28-15-6-9-17(10-7-15)40(34,35)36/h2-12,27H,1H3,(H,34,35,36)(H,37,38,39). The van der Waals surface area contributed by atoms with Gasteiger partial charge in [0.2, 0.25) is 0 Å². The minimum absolute atomic E-state index is 0.0151. The lowest BCUT2D eigenvalue weighted by Gasteiger charge is -2.06. The molecule has 3 N–H and O–H groups in total. The van der Waals surface area contributed by atoms with Gasteiger partial charge in [0.25, 0.3) is 25.8 Å². The summed E-state index contributed by atoms with van der Waals surface area (Å²) in [7, 11) is -9.23. The van der Waals surface area contributed by atoms with Crippen molar-refractivity contribution in [1.82, 2.24) is 9.38 Å². The number of hydrogen-bond donors (Lipinski definition) is 3. The van der Waals surface area contributed by atoms with Gasteiger partial charge in [-0.25, -0.2) is 0 Å². The largest absolute Gasteiger partial charge is 0.338 e. The molecule has 14 nitrogen and oxygen atoms in total. The highest BCUT2D eigenvalue weighted by atomic mass is 32.2. The van der Waals surface area contributed by atoms with Crippen LogP contribution in [0.5, 0.6) is 0 Å². The normalized spacial score (nSPS) is 12.5. The third kappa shape index (κ3) is 5.25. The maximum atomic E-state index is 13.4. The number of nitriles is 1. The van der Waals surface area contributed by atoms with Crippen LogP contribution < -0.4 is 5.56 Å².